The molecule has 1 aliphatic rings. The second kappa shape index (κ2) is 7.23. The summed E-state index contributed by atoms with van der Waals surface area (Å²) in [5, 5.41) is 13.9. The van der Waals surface area contributed by atoms with E-state index in [0.717, 1.165) is 42.8 Å². The van der Waals surface area contributed by atoms with Gasteiger partial charge in [-0.2, -0.15) is 0 Å². The molecule has 0 bridgehead atoms. The fourth-order valence-electron chi connectivity index (χ4n) is 3.02. The van der Waals surface area contributed by atoms with Crippen molar-refractivity contribution in [2.75, 3.05) is 0 Å². The Hall–Kier alpha value is -1.72. The molecule has 1 aromatic heterocycles. The van der Waals surface area contributed by atoms with Gasteiger partial charge in [0.05, 0.1) is 22.8 Å². The quantitative estimate of drug-likeness (QED) is 0.905. The number of hydrogen-bond donors (Lipinski definition) is 2. The zero-order chi connectivity index (χ0) is 16.2. The molecule has 4 nitrogen and oxygen atoms in total. The average molecular weight is 330 g/mol. The zero-order valence-electron chi connectivity index (χ0n) is 13.3. The molecule has 2 aromatic rings. The summed E-state index contributed by atoms with van der Waals surface area (Å²) in [6, 6.07) is 10.0. The number of aryl methyl sites for hydroxylation is 1. The summed E-state index contributed by atoms with van der Waals surface area (Å²) in [5.74, 6) is -0.106. The Morgan fingerprint density at radius 3 is 2.78 bits per heavy atom. The van der Waals surface area contributed by atoms with Crippen LogP contribution in [-0.2, 0) is 6.42 Å². The second-order valence-corrected chi connectivity index (χ2v) is 7.20. The fourth-order valence-corrected chi connectivity index (χ4v) is 4.02. The molecule has 2 atom stereocenters. The van der Waals surface area contributed by atoms with Crippen molar-refractivity contribution in [3.8, 4) is 0 Å². The fraction of sp³-hybridized carbons (Fsp3) is 0.444. The van der Waals surface area contributed by atoms with Crippen molar-refractivity contribution in [2.24, 2.45) is 0 Å². The van der Waals surface area contributed by atoms with E-state index in [0.29, 0.717) is 4.88 Å². The maximum atomic E-state index is 12.5. The van der Waals surface area contributed by atoms with E-state index in [-0.39, 0.29) is 11.9 Å². The monoisotopic (exact) mass is 330 g/mol. The molecule has 1 fully saturated rings. The van der Waals surface area contributed by atoms with E-state index >= 15 is 0 Å². The van der Waals surface area contributed by atoms with Crippen molar-refractivity contribution in [1.29, 1.82) is 0 Å². The topological polar surface area (TPSA) is 62.2 Å². The SMILES string of the molecule is Cc1nc(Cc2ccccc2)sc1C(=O)NC1CCCCC1O. The highest BCUT2D eigenvalue weighted by Crippen LogP contribution is 2.23. The van der Waals surface area contributed by atoms with Gasteiger partial charge in [-0.05, 0) is 25.3 Å². The van der Waals surface area contributed by atoms with Crippen LogP contribution in [-0.4, -0.2) is 28.1 Å². The highest BCUT2D eigenvalue weighted by Gasteiger charge is 2.26. The molecular formula is C18H22N2O2S. The number of aromatic nitrogens is 1. The lowest BCUT2D eigenvalue weighted by Gasteiger charge is -2.28. The first-order valence-corrected chi connectivity index (χ1v) is 8.94. The van der Waals surface area contributed by atoms with E-state index in [2.05, 4.69) is 22.4 Å². The van der Waals surface area contributed by atoms with Gasteiger partial charge >= 0.3 is 0 Å². The number of hydrogen-bond acceptors (Lipinski definition) is 4. The molecule has 3 rings (SSSR count). The third kappa shape index (κ3) is 3.98. The van der Waals surface area contributed by atoms with Crippen LogP contribution in [0.4, 0.5) is 0 Å². The smallest absolute Gasteiger partial charge is 0.263 e. The van der Waals surface area contributed by atoms with Crippen molar-refractivity contribution < 1.29 is 9.90 Å². The number of aliphatic hydroxyl groups excluding tert-OH is 1. The molecule has 23 heavy (non-hydrogen) atoms. The van der Waals surface area contributed by atoms with Crippen molar-refractivity contribution in [3.63, 3.8) is 0 Å². The van der Waals surface area contributed by atoms with Gasteiger partial charge in [-0.25, -0.2) is 4.98 Å². The summed E-state index contributed by atoms with van der Waals surface area (Å²) in [4.78, 5) is 17.7. The maximum Gasteiger partial charge on any atom is 0.263 e. The summed E-state index contributed by atoms with van der Waals surface area (Å²) in [5.41, 5.74) is 1.96. The van der Waals surface area contributed by atoms with Crippen LogP contribution in [0.25, 0.3) is 0 Å². The number of amides is 1. The van der Waals surface area contributed by atoms with Crippen LogP contribution in [0.2, 0.25) is 0 Å². The van der Waals surface area contributed by atoms with E-state index < -0.39 is 6.10 Å². The van der Waals surface area contributed by atoms with Gasteiger partial charge < -0.3 is 10.4 Å². The molecule has 0 saturated heterocycles. The second-order valence-electron chi connectivity index (χ2n) is 6.12. The molecule has 1 aliphatic carbocycles. The molecule has 2 N–H and O–H groups in total. The Bertz CT molecular complexity index is 669. The van der Waals surface area contributed by atoms with E-state index in [4.69, 9.17) is 0 Å². The summed E-state index contributed by atoms with van der Waals surface area (Å²) in [6.07, 6.45) is 4.03. The minimum atomic E-state index is -0.426. The minimum Gasteiger partial charge on any atom is -0.391 e. The van der Waals surface area contributed by atoms with Crippen molar-refractivity contribution in [2.45, 2.75) is 51.2 Å². The van der Waals surface area contributed by atoms with Gasteiger partial charge in [-0.1, -0.05) is 43.2 Å². The number of rotatable bonds is 4. The molecule has 1 saturated carbocycles. The summed E-state index contributed by atoms with van der Waals surface area (Å²) in [7, 11) is 0. The molecule has 2 unspecified atom stereocenters. The van der Waals surface area contributed by atoms with Crippen LogP contribution in [0.15, 0.2) is 30.3 Å². The van der Waals surface area contributed by atoms with Gasteiger partial charge in [0.1, 0.15) is 4.88 Å². The van der Waals surface area contributed by atoms with Gasteiger partial charge in [-0.3, -0.25) is 4.79 Å². The Morgan fingerprint density at radius 1 is 1.30 bits per heavy atom. The van der Waals surface area contributed by atoms with Crippen molar-refractivity contribution in [1.82, 2.24) is 10.3 Å². The van der Waals surface area contributed by atoms with Crippen molar-refractivity contribution in [3.05, 3.63) is 51.5 Å². The average Bonchev–Trinajstić information content (AvgIpc) is 2.91. The minimum absolute atomic E-state index is 0.106. The molecule has 1 aromatic carbocycles. The third-order valence-electron chi connectivity index (χ3n) is 4.29. The van der Waals surface area contributed by atoms with Crippen molar-refractivity contribution >= 4 is 17.2 Å². The Labute approximate surface area is 140 Å². The van der Waals surface area contributed by atoms with E-state index in [1.807, 2.05) is 25.1 Å². The van der Waals surface area contributed by atoms with Crippen LogP contribution < -0.4 is 5.32 Å². The predicted molar refractivity (Wildman–Crippen MR) is 91.8 cm³/mol. The summed E-state index contributed by atoms with van der Waals surface area (Å²) in [6.45, 7) is 1.87. The molecule has 5 heteroatoms. The lowest BCUT2D eigenvalue weighted by Crippen LogP contribution is -2.45. The maximum absolute atomic E-state index is 12.5. The summed E-state index contributed by atoms with van der Waals surface area (Å²) < 4.78 is 0. The van der Waals surface area contributed by atoms with Gasteiger partial charge in [0.25, 0.3) is 5.91 Å². The van der Waals surface area contributed by atoms with Crippen LogP contribution >= 0.6 is 11.3 Å². The Kier molecular flexibility index (Phi) is 5.08. The van der Waals surface area contributed by atoms with E-state index in [9.17, 15) is 9.90 Å². The van der Waals surface area contributed by atoms with Crippen LogP contribution in [0.5, 0.6) is 0 Å². The Morgan fingerprint density at radius 2 is 2.04 bits per heavy atom. The largest absolute Gasteiger partial charge is 0.391 e. The first-order chi connectivity index (χ1) is 11.1. The number of carbonyl (C=O) groups is 1. The van der Waals surface area contributed by atoms with Crippen LogP contribution in [0.1, 0.15) is 51.6 Å². The summed E-state index contributed by atoms with van der Waals surface area (Å²) >= 11 is 1.45. The number of nitrogens with zero attached hydrogens (tertiary/aromatic N) is 1. The Balaban J connectivity index is 1.69. The van der Waals surface area contributed by atoms with E-state index in [1.54, 1.807) is 0 Å². The normalized spacial score (nSPS) is 21.1. The number of benzene rings is 1. The highest BCUT2D eigenvalue weighted by atomic mass is 32.1. The molecule has 122 valence electrons. The lowest BCUT2D eigenvalue weighted by atomic mass is 9.92. The standard InChI is InChI=1S/C18H22N2O2S/c1-12-17(18(22)20-14-9-5-6-10-15(14)21)23-16(19-12)11-13-7-3-2-4-8-13/h2-4,7-8,14-15,21H,5-6,9-11H2,1H3,(H,20,22). The number of nitrogens with one attached hydrogen (secondary N) is 1. The van der Waals surface area contributed by atoms with Gasteiger partial charge in [0.15, 0.2) is 0 Å². The number of aliphatic hydroxyl groups is 1. The molecular weight excluding hydrogens is 308 g/mol. The third-order valence-corrected chi connectivity index (χ3v) is 5.45. The molecule has 0 spiro atoms. The number of thiazole rings is 1. The van der Waals surface area contributed by atoms with E-state index in [1.165, 1.54) is 16.9 Å². The highest BCUT2D eigenvalue weighted by molar-refractivity contribution is 7.13. The number of carbonyl (C=O) groups excluding carboxylic acids is 1. The first-order valence-electron chi connectivity index (χ1n) is 8.12. The van der Waals surface area contributed by atoms with Crippen LogP contribution in [0, 0.1) is 6.92 Å². The van der Waals surface area contributed by atoms with Gasteiger partial charge in [-0.15, -0.1) is 11.3 Å². The molecule has 1 heterocycles. The lowest BCUT2D eigenvalue weighted by molar-refractivity contribution is 0.0719. The molecule has 1 amide bonds. The van der Waals surface area contributed by atoms with Crippen LogP contribution in [0.3, 0.4) is 0 Å². The van der Waals surface area contributed by atoms with Gasteiger partial charge in [0, 0.05) is 6.42 Å². The van der Waals surface area contributed by atoms with Gasteiger partial charge in [0.2, 0.25) is 0 Å². The molecule has 0 aliphatic heterocycles. The first kappa shape index (κ1) is 16.1. The zero-order valence-corrected chi connectivity index (χ0v) is 14.1. The predicted octanol–water partition coefficient (Wildman–Crippen LogP) is 3.08. The molecule has 0 radical (unpaired) electrons.